The first-order chi connectivity index (χ1) is 13.1. The van der Waals surface area contributed by atoms with Crippen molar-refractivity contribution in [2.45, 2.75) is 25.4 Å². The monoisotopic (exact) mass is 361 g/mol. The van der Waals surface area contributed by atoms with Gasteiger partial charge in [0.25, 0.3) is 5.91 Å². The van der Waals surface area contributed by atoms with E-state index in [1.54, 1.807) is 0 Å². The molecule has 1 spiro atoms. The highest BCUT2D eigenvalue weighted by atomic mass is 16.6. The van der Waals surface area contributed by atoms with Gasteiger partial charge >= 0.3 is 5.97 Å². The van der Waals surface area contributed by atoms with Gasteiger partial charge in [0, 0.05) is 37.7 Å². The molecule has 0 N–H and O–H groups in total. The van der Waals surface area contributed by atoms with Crippen molar-refractivity contribution in [1.29, 1.82) is 0 Å². The Morgan fingerprint density at radius 3 is 2.67 bits per heavy atom. The number of carbonyl (C=O) groups excluding carboxylic acids is 2. The smallest absolute Gasteiger partial charge is 0.339 e. The molecule has 6 nitrogen and oxygen atoms in total. The SMILES string of the molecule is Cc1nc2ccccn2c1C(=O)N1CCC2(CC1)OC(=O)c1ccccc12. The molecule has 0 bridgehead atoms. The van der Waals surface area contributed by atoms with E-state index in [1.165, 1.54) is 0 Å². The minimum absolute atomic E-state index is 0.0290. The Morgan fingerprint density at radius 2 is 1.85 bits per heavy atom. The molecule has 2 aromatic heterocycles. The van der Waals surface area contributed by atoms with E-state index >= 15 is 0 Å². The van der Waals surface area contributed by atoms with Crippen molar-refractivity contribution < 1.29 is 14.3 Å². The fraction of sp³-hybridized carbons (Fsp3) is 0.286. The van der Waals surface area contributed by atoms with Gasteiger partial charge in [-0.1, -0.05) is 24.3 Å². The second-order valence-electron chi connectivity index (χ2n) is 7.20. The molecule has 6 heteroatoms. The molecule has 1 amide bonds. The van der Waals surface area contributed by atoms with Crippen LogP contribution in [0.3, 0.4) is 0 Å². The lowest BCUT2D eigenvalue weighted by Gasteiger charge is -2.38. The van der Waals surface area contributed by atoms with Crippen LogP contribution in [0.4, 0.5) is 0 Å². The highest BCUT2D eigenvalue weighted by molar-refractivity contribution is 5.96. The van der Waals surface area contributed by atoms with Crippen LogP contribution < -0.4 is 0 Å². The maximum atomic E-state index is 13.2. The number of nitrogens with zero attached hydrogens (tertiary/aromatic N) is 3. The molecular formula is C21H19N3O3. The van der Waals surface area contributed by atoms with Crippen molar-refractivity contribution in [3.05, 3.63) is 71.2 Å². The summed E-state index contributed by atoms with van der Waals surface area (Å²) in [4.78, 5) is 31.7. The molecule has 4 heterocycles. The van der Waals surface area contributed by atoms with Crippen molar-refractivity contribution in [2.24, 2.45) is 0 Å². The van der Waals surface area contributed by atoms with Gasteiger partial charge in [0.15, 0.2) is 0 Å². The Morgan fingerprint density at radius 1 is 1.11 bits per heavy atom. The first-order valence-corrected chi connectivity index (χ1v) is 9.15. The summed E-state index contributed by atoms with van der Waals surface area (Å²) < 4.78 is 7.62. The molecule has 0 radical (unpaired) electrons. The number of esters is 1. The molecule has 0 saturated carbocycles. The fourth-order valence-corrected chi connectivity index (χ4v) is 4.31. The highest BCUT2D eigenvalue weighted by Crippen LogP contribution is 2.44. The number of aryl methyl sites for hydroxylation is 1. The number of imidazole rings is 1. The summed E-state index contributed by atoms with van der Waals surface area (Å²) in [7, 11) is 0. The van der Waals surface area contributed by atoms with E-state index in [-0.39, 0.29) is 11.9 Å². The molecule has 1 saturated heterocycles. The summed E-state index contributed by atoms with van der Waals surface area (Å²) in [6, 6.07) is 13.3. The van der Waals surface area contributed by atoms with Crippen molar-refractivity contribution in [3.8, 4) is 0 Å². The van der Waals surface area contributed by atoms with Gasteiger partial charge in [-0.25, -0.2) is 9.78 Å². The molecule has 2 aliphatic rings. The Bertz CT molecular complexity index is 1080. The van der Waals surface area contributed by atoms with Crippen molar-refractivity contribution in [3.63, 3.8) is 0 Å². The van der Waals surface area contributed by atoms with Crippen LogP contribution in [-0.2, 0) is 10.3 Å². The van der Waals surface area contributed by atoms with Crippen LogP contribution in [0.25, 0.3) is 5.65 Å². The van der Waals surface area contributed by atoms with Gasteiger partial charge < -0.3 is 9.64 Å². The summed E-state index contributed by atoms with van der Waals surface area (Å²) in [5.74, 6) is -0.290. The number of pyridine rings is 1. The van der Waals surface area contributed by atoms with E-state index in [4.69, 9.17) is 4.74 Å². The summed E-state index contributed by atoms with van der Waals surface area (Å²) >= 11 is 0. The highest BCUT2D eigenvalue weighted by Gasteiger charge is 2.47. The van der Waals surface area contributed by atoms with Crippen molar-refractivity contribution >= 4 is 17.5 Å². The maximum Gasteiger partial charge on any atom is 0.339 e. The van der Waals surface area contributed by atoms with E-state index in [2.05, 4.69) is 4.98 Å². The third-order valence-electron chi connectivity index (χ3n) is 5.69. The van der Waals surface area contributed by atoms with Gasteiger partial charge in [0.05, 0.1) is 11.3 Å². The molecule has 3 aromatic rings. The van der Waals surface area contributed by atoms with Crippen LogP contribution in [-0.4, -0.2) is 39.3 Å². The predicted molar refractivity (Wildman–Crippen MR) is 98.6 cm³/mol. The van der Waals surface area contributed by atoms with Crippen LogP contribution >= 0.6 is 0 Å². The number of benzene rings is 1. The van der Waals surface area contributed by atoms with Crippen LogP contribution in [0.2, 0.25) is 0 Å². The zero-order valence-corrected chi connectivity index (χ0v) is 15.0. The van der Waals surface area contributed by atoms with Gasteiger partial charge in [-0.15, -0.1) is 0 Å². The van der Waals surface area contributed by atoms with Gasteiger partial charge in [0.2, 0.25) is 0 Å². The fourth-order valence-electron chi connectivity index (χ4n) is 4.31. The normalized spacial score (nSPS) is 18.0. The molecule has 2 aliphatic heterocycles. The second kappa shape index (κ2) is 5.67. The second-order valence-corrected chi connectivity index (χ2v) is 7.20. The minimum atomic E-state index is -0.598. The Kier molecular flexibility index (Phi) is 3.37. The molecule has 1 fully saturated rings. The standard InChI is InChI=1S/C21H19N3O3/c1-14-18(24-11-5-4-8-17(24)22-14)19(25)23-12-9-21(10-13-23)16-7-3-2-6-15(16)20(26)27-21/h2-8,11H,9-10,12-13H2,1H3. The van der Waals surface area contributed by atoms with Gasteiger partial charge in [-0.3, -0.25) is 9.20 Å². The topological polar surface area (TPSA) is 63.9 Å². The largest absolute Gasteiger partial charge is 0.450 e. The quantitative estimate of drug-likeness (QED) is 0.625. The first kappa shape index (κ1) is 16.1. The Hall–Kier alpha value is -3.15. The third kappa shape index (κ3) is 2.29. The van der Waals surface area contributed by atoms with Crippen molar-refractivity contribution in [2.75, 3.05) is 13.1 Å². The predicted octanol–water partition coefficient (Wildman–Crippen LogP) is 2.94. The first-order valence-electron chi connectivity index (χ1n) is 9.15. The van der Waals surface area contributed by atoms with E-state index in [1.807, 2.05) is 64.9 Å². The summed E-state index contributed by atoms with van der Waals surface area (Å²) in [5, 5.41) is 0. The molecule has 0 aliphatic carbocycles. The molecule has 0 atom stereocenters. The Balaban J connectivity index is 1.42. The zero-order chi connectivity index (χ0) is 18.6. The van der Waals surface area contributed by atoms with Crippen LogP contribution in [0.1, 0.15) is 44.9 Å². The van der Waals surface area contributed by atoms with Gasteiger partial charge in [-0.2, -0.15) is 0 Å². The molecule has 1 aromatic carbocycles. The van der Waals surface area contributed by atoms with Crippen LogP contribution in [0, 0.1) is 6.92 Å². The average molecular weight is 361 g/mol. The number of amides is 1. The lowest BCUT2D eigenvalue weighted by atomic mass is 9.83. The van der Waals surface area contributed by atoms with E-state index in [0.717, 1.165) is 16.9 Å². The van der Waals surface area contributed by atoms with Crippen LogP contribution in [0.15, 0.2) is 48.7 Å². The number of fused-ring (bicyclic) bond motifs is 3. The Labute approximate surface area is 156 Å². The number of likely N-dealkylation sites (tertiary alicyclic amines) is 1. The summed E-state index contributed by atoms with van der Waals surface area (Å²) in [6.07, 6.45) is 3.08. The molecule has 136 valence electrons. The van der Waals surface area contributed by atoms with E-state index in [0.29, 0.717) is 37.2 Å². The molecule has 5 rings (SSSR count). The number of rotatable bonds is 1. The van der Waals surface area contributed by atoms with Crippen LogP contribution in [0.5, 0.6) is 0 Å². The number of hydrogen-bond donors (Lipinski definition) is 0. The molecule has 0 unspecified atom stereocenters. The van der Waals surface area contributed by atoms with Gasteiger partial charge in [0.1, 0.15) is 16.9 Å². The maximum absolute atomic E-state index is 13.2. The van der Waals surface area contributed by atoms with E-state index < -0.39 is 5.60 Å². The number of carbonyl (C=O) groups is 2. The number of aromatic nitrogens is 2. The number of hydrogen-bond acceptors (Lipinski definition) is 4. The number of ether oxygens (including phenoxy) is 1. The summed E-state index contributed by atoms with van der Waals surface area (Å²) in [6.45, 7) is 2.95. The molecule has 27 heavy (non-hydrogen) atoms. The zero-order valence-electron chi connectivity index (χ0n) is 15.0. The lowest BCUT2D eigenvalue weighted by molar-refractivity contribution is -0.0390. The van der Waals surface area contributed by atoms with E-state index in [9.17, 15) is 9.59 Å². The lowest BCUT2D eigenvalue weighted by Crippen LogP contribution is -2.45. The van der Waals surface area contributed by atoms with Crippen molar-refractivity contribution in [1.82, 2.24) is 14.3 Å². The third-order valence-corrected chi connectivity index (χ3v) is 5.69. The number of piperidine rings is 1. The average Bonchev–Trinajstić information content (AvgIpc) is 3.16. The van der Waals surface area contributed by atoms with Gasteiger partial charge in [-0.05, 0) is 25.1 Å². The molecular weight excluding hydrogens is 342 g/mol. The minimum Gasteiger partial charge on any atom is -0.450 e. The summed E-state index contributed by atoms with van der Waals surface area (Å²) in [5.41, 5.74) is 3.10.